The number of benzene rings is 1. The average Bonchev–Trinajstić information content (AvgIpc) is 2.90. The third kappa shape index (κ3) is 3.85. The van der Waals surface area contributed by atoms with Gasteiger partial charge in [-0.25, -0.2) is 5.01 Å². The van der Waals surface area contributed by atoms with Gasteiger partial charge in [-0.3, -0.25) is 14.4 Å². The minimum absolute atomic E-state index is 0.218. The highest BCUT2D eigenvalue weighted by Crippen LogP contribution is 2.45. The first kappa shape index (κ1) is 17.8. The van der Waals surface area contributed by atoms with Crippen LogP contribution in [-0.4, -0.2) is 35.1 Å². The Kier molecular flexibility index (Phi) is 5.45. The van der Waals surface area contributed by atoms with Crippen molar-refractivity contribution in [2.75, 3.05) is 7.11 Å². The molecule has 0 radical (unpaired) electrons. The van der Waals surface area contributed by atoms with E-state index in [2.05, 4.69) is 10.4 Å². The Bertz CT molecular complexity index is 719. The van der Waals surface area contributed by atoms with Crippen molar-refractivity contribution in [2.45, 2.75) is 26.1 Å². The summed E-state index contributed by atoms with van der Waals surface area (Å²) in [6.45, 7) is 3.99. The second-order valence-corrected chi connectivity index (χ2v) is 5.96. The van der Waals surface area contributed by atoms with E-state index in [9.17, 15) is 14.4 Å². The van der Waals surface area contributed by atoms with Gasteiger partial charge in [0, 0.05) is 26.3 Å². The Balaban J connectivity index is 2.44. The number of amidine groups is 1. The lowest BCUT2D eigenvalue weighted by Crippen LogP contribution is -2.25. The molecule has 2 rings (SSSR count). The van der Waals surface area contributed by atoms with E-state index in [1.165, 1.54) is 44.7 Å². The monoisotopic (exact) mass is 351 g/mol. The molecule has 9 heteroatoms. The van der Waals surface area contributed by atoms with Gasteiger partial charge in [0.05, 0.1) is 7.11 Å². The number of thioether (sulfide) groups is 1. The molecule has 1 atom stereocenters. The molecular formula is C15H17N3O5S. The number of hydrogen-bond acceptors (Lipinski definition) is 7. The van der Waals surface area contributed by atoms with Crippen molar-refractivity contribution in [3.8, 4) is 11.5 Å². The number of methoxy groups -OCH3 is 1. The van der Waals surface area contributed by atoms with Crippen molar-refractivity contribution in [3.05, 3.63) is 23.8 Å². The maximum Gasteiger partial charge on any atom is 0.308 e. The molecule has 0 aliphatic carbocycles. The number of para-hydroxylation sites is 1. The standard InChI is InChI=1S/C15H17N3O5S/c1-8(19)16-15-17-18(9(2)20)14(24-15)11-6-5-7-12(22-4)13(11)23-10(3)21/h5-7,14H,1-4H3,(H,16,17,19). The largest absolute Gasteiger partial charge is 0.493 e. The summed E-state index contributed by atoms with van der Waals surface area (Å²) in [7, 11) is 1.45. The molecule has 1 unspecified atom stereocenters. The molecule has 128 valence electrons. The van der Waals surface area contributed by atoms with Crippen molar-refractivity contribution in [2.24, 2.45) is 5.10 Å². The number of ether oxygens (including phenoxy) is 2. The fraction of sp³-hybridized carbons (Fsp3) is 0.333. The molecule has 1 heterocycles. The highest BCUT2D eigenvalue weighted by Gasteiger charge is 2.35. The lowest BCUT2D eigenvalue weighted by Gasteiger charge is -2.22. The van der Waals surface area contributed by atoms with Crippen LogP contribution in [0.1, 0.15) is 31.7 Å². The van der Waals surface area contributed by atoms with E-state index in [0.717, 1.165) is 0 Å². The number of amides is 2. The Labute approximate surface area is 143 Å². The smallest absolute Gasteiger partial charge is 0.308 e. The number of nitrogens with zero attached hydrogens (tertiary/aromatic N) is 2. The van der Waals surface area contributed by atoms with Gasteiger partial charge in [0.2, 0.25) is 11.8 Å². The number of carbonyl (C=O) groups excluding carboxylic acids is 3. The van der Waals surface area contributed by atoms with Gasteiger partial charge in [0.1, 0.15) is 5.37 Å². The van der Waals surface area contributed by atoms with Gasteiger partial charge < -0.3 is 14.8 Å². The molecule has 1 aromatic carbocycles. The number of hydrazone groups is 1. The summed E-state index contributed by atoms with van der Waals surface area (Å²) >= 11 is 1.17. The molecule has 0 saturated heterocycles. The van der Waals surface area contributed by atoms with Crippen LogP contribution in [0.15, 0.2) is 23.3 Å². The summed E-state index contributed by atoms with van der Waals surface area (Å²) in [6, 6.07) is 5.08. The predicted octanol–water partition coefficient (Wildman–Crippen LogP) is 1.62. The highest BCUT2D eigenvalue weighted by molar-refractivity contribution is 8.14. The van der Waals surface area contributed by atoms with E-state index in [1.54, 1.807) is 18.2 Å². The maximum absolute atomic E-state index is 11.9. The quantitative estimate of drug-likeness (QED) is 0.656. The van der Waals surface area contributed by atoms with Crippen LogP contribution in [-0.2, 0) is 14.4 Å². The Morgan fingerprint density at radius 2 is 1.96 bits per heavy atom. The lowest BCUT2D eigenvalue weighted by atomic mass is 10.1. The fourth-order valence-electron chi connectivity index (χ4n) is 2.11. The normalized spacial score (nSPS) is 16.4. The lowest BCUT2D eigenvalue weighted by molar-refractivity contribution is -0.132. The van der Waals surface area contributed by atoms with E-state index in [1.807, 2.05) is 0 Å². The Morgan fingerprint density at radius 1 is 1.25 bits per heavy atom. The number of rotatable bonds is 3. The zero-order valence-electron chi connectivity index (χ0n) is 13.7. The first-order valence-corrected chi connectivity index (χ1v) is 7.89. The van der Waals surface area contributed by atoms with Gasteiger partial charge in [0.25, 0.3) is 0 Å². The van der Waals surface area contributed by atoms with Crippen LogP contribution in [0.2, 0.25) is 0 Å². The number of nitrogens with one attached hydrogen (secondary N) is 1. The molecule has 0 bridgehead atoms. The van der Waals surface area contributed by atoms with E-state index in [4.69, 9.17) is 9.47 Å². The van der Waals surface area contributed by atoms with E-state index in [-0.39, 0.29) is 17.6 Å². The van der Waals surface area contributed by atoms with Crippen molar-refractivity contribution < 1.29 is 23.9 Å². The minimum Gasteiger partial charge on any atom is -0.493 e. The second kappa shape index (κ2) is 7.35. The van der Waals surface area contributed by atoms with Gasteiger partial charge in [-0.15, -0.1) is 5.10 Å². The average molecular weight is 351 g/mol. The van der Waals surface area contributed by atoms with Gasteiger partial charge in [-0.05, 0) is 6.07 Å². The summed E-state index contributed by atoms with van der Waals surface area (Å²) in [5.41, 5.74) is 0.536. The molecule has 0 saturated carbocycles. The van der Waals surface area contributed by atoms with Crippen molar-refractivity contribution in [1.29, 1.82) is 0 Å². The summed E-state index contributed by atoms with van der Waals surface area (Å²) in [5.74, 6) is -0.544. The molecule has 0 spiro atoms. The Hall–Kier alpha value is -2.55. The fourth-order valence-corrected chi connectivity index (χ4v) is 3.26. The summed E-state index contributed by atoms with van der Waals surface area (Å²) in [5, 5.41) is 7.59. The second-order valence-electron chi connectivity index (χ2n) is 4.89. The molecule has 2 amide bonds. The first-order chi connectivity index (χ1) is 11.3. The maximum atomic E-state index is 11.9. The number of hydrogen-bond donors (Lipinski definition) is 1. The van der Waals surface area contributed by atoms with E-state index < -0.39 is 11.3 Å². The summed E-state index contributed by atoms with van der Waals surface area (Å²) in [4.78, 5) is 34.6. The predicted molar refractivity (Wildman–Crippen MR) is 88.4 cm³/mol. The molecule has 1 aromatic rings. The van der Waals surface area contributed by atoms with Gasteiger partial charge in [0.15, 0.2) is 16.7 Å². The van der Waals surface area contributed by atoms with Crippen LogP contribution in [0.5, 0.6) is 11.5 Å². The van der Waals surface area contributed by atoms with Crippen LogP contribution in [0, 0.1) is 0 Å². The molecular weight excluding hydrogens is 334 g/mol. The topological polar surface area (TPSA) is 97.3 Å². The van der Waals surface area contributed by atoms with Gasteiger partial charge in [-0.2, -0.15) is 0 Å². The van der Waals surface area contributed by atoms with Crippen molar-refractivity contribution in [3.63, 3.8) is 0 Å². The molecule has 0 aromatic heterocycles. The third-order valence-corrected chi connectivity index (χ3v) is 4.07. The molecule has 1 N–H and O–H groups in total. The van der Waals surface area contributed by atoms with Gasteiger partial charge in [-0.1, -0.05) is 23.9 Å². The molecule has 0 fully saturated rings. The SMILES string of the molecule is COc1cccc(C2SC(NC(C)=O)=NN2C(C)=O)c1OC(C)=O. The van der Waals surface area contributed by atoms with Crippen LogP contribution in [0.25, 0.3) is 0 Å². The van der Waals surface area contributed by atoms with Crippen LogP contribution in [0.3, 0.4) is 0 Å². The zero-order valence-corrected chi connectivity index (χ0v) is 14.5. The van der Waals surface area contributed by atoms with E-state index in [0.29, 0.717) is 16.5 Å². The number of esters is 1. The summed E-state index contributed by atoms with van der Waals surface area (Å²) in [6.07, 6.45) is 0. The van der Waals surface area contributed by atoms with Crippen LogP contribution < -0.4 is 14.8 Å². The third-order valence-electron chi connectivity index (χ3n) is 2.99. The first-order valence-electron chi connectivity index (χ1n) is 7.01. The molecule has 1 aliphatic rings. The van der Waals surface area contributed by atoms with Crippen LogP contribution >= 0.6 is 11.8 Å². The Morgan fingerprint density at radius 3 is 2.50 bits per heavy atom. The molecule has 8 nitrogen and oxygen atoms in total. The highest BCUT2D eigenvalue weighted by atomic mass is 32.2. The molecule has 24 heavy (non-hydrogen) atoms. The van der Waals surface area contributed by atoms with Crippen molar-refractivity contribution in [1.82, 2.24) is 10.3 Å². The van der Waals surface area contributed by atoms with E-state index >= 15 is 0 Å². The van der Waals surface area contributed by atoms with Gasteiger partial charge >= 0.3 is 5.97 Å². The van der Waals surface area contributed by atoms with Crippen LogP contribution in [0.4, 0.5) is 0 Å². The summed E-state index contributed by atoms with van der Waals surface area (Å²) < 4.78 is 10.5. The van der Waals surface area contributed by atoms with Crippen molar-refractivity contribution >= 4 is 34.7 Å². The zero-order chi connectivity index (χ0) is 17.9. The number of carbonyl (C=O) groups is 3. The molecule has 1 aliphatic heterocycles. The minimum atomic E-state index is -0.589.